The molecule has 3 fully saturated rings. The molecule has 3 aliphatic heterocycles. The van der Waals surface area contributed by atoms with Crippen LogP contribution in [0.1, 0.15) is 31.2 Å². The Bertz CT molecular complexity index is 1920. The number of thiazole rings is 1. The van der Waals surface area contributed by atoms with E-state index in [4.69, 9.17) is 15.2 Å². The van der Waals surface area contributed by atoms with E-state index >= 15 is 4.39 Å². The fourth-order valence-electron chi connectivity index (χ4n) is 6.97. The summed E-state index contributed by atoms with van der Waals surface area (Å²) in [5.74, 6) is -2.88. The molecule has 7 rings (SSSR count). The van der Waals surface area contributed by atoms with Crippen molar-refractivity contribution < 1.29 is 40.6 Å². The van der Waals surface area contributed by atoms with E-state index in [1.165, 1.54) is 4.90 Å². The fourth-order valence-corrected chi connectivity index (χ4v) is 7.74. The highest BCUT2D eigenvalue weighted by Gasteiger charge is 2.49. The highest BCUT2D eigenvalue weighted by Crippen LogP contribution is 2.46. The number of likely N-dealkylation sites (tertiary alicyclic amines) is 1. The molecule has 2 aromatic heterocycles. The Balaban J connectivity index is 1.38. The third kappa shape index (κ3) is 5.50. The first-order chi connectivity index (χ1) is 22.4. The van der Waals surface area contributed by atoms with E-state index in [9.17, 15) is 26.7 Å². The number of rotatable bonds is 7. The van der Waals surface area contributed by atoms with Crippen LogP contribution < -0.4 is 15.2 Å². The van der Waals surface area contributed by atoms with Crippen molar-refractivity contribution in [3.05, 3.63) is 48.1 Å². The lowest BCUT2D eigenvalue weighted by Crippen LogP contribution is -2.43. The number of nitrogen functional groups attached to an aromatic ring is 1. The Morgan fingerprint density at radius 2 is 1.98 bits per heavy atom. The molecule has 5 heterocycles. The Morgan fingerprint density at radius 3 is 2.74 bits per heavy atom. The number of hydrogen-bond donors (Lipinski definition) is 1. The molecule has 0 spiro atoms. The van der Waals surface area contributed by atoms with Crippen LogP contribution in [0.4, 0.5) is 31.5 Å². The third-order valence-electron chi connectivity index (χ3n) is 9.10. The van der Waals surface area contributed by atoms with Crippen LogP contribution in [-0.2, 0) is 11.0 Å². The van der Waals surface area contributed by atoms with Crippen molar-refractivity contribution >= 4 is 43.5 Å². The van der Waals surface area contributed by atoms with Gasteiger partial charge in [-0.1, -0.05) is 17.9 Å². The number of aromatic nitrogens is 3. The average molecular weight is 679 g/mol. The molecule has 0 saturated carbocycles. The minimum Gasteiger partial charge on any atom is -0.472 e. The smallest absolute Gasteiger partial charge is 0.417 e. The monoisotopic (exact) mass is 678 g/mol. The van der Waals surface area contributed by atoms with Gasteiger partial charge in [-0.05, 0) is 43.7 Å². The first-order valence-corrected chi connectivity index (χ1v) is 15.7. The minimum atomic E-state index is -5.09. The van der Waals surface area contributed by atoms with Crippen molar-refractivity contribution in [2.45, 2.75) is 49.7 Å². The van der Waals surface area contributed by atoms with Gasteiger partial charge in [0, 0.05) is 37.1 Å². The summed E-state index contributed by atoms with van der Waals surface area (Å²) in [7, 11) is 0. The summed E-state index contributed by atoms with van der Waals surface area (Å²) in [5, 5.41) is -0.501. The Labute approximate surface area is 268 Å². The van der Waals surface area contributed by atoms with Gasteiger partial charge >= 0.3 is 12.2 Å². The molecule has 47 heavy (non-hydrogen) atoms. The Morgan fingerprint density at radius 1 is 1.17 bits per heavy atom. The summed E-state index contributed by atoms with van der Waals surface area (Å²) in [4.78, 5) is 28.1. The summed E-state index contributed by atoms with van der Waals surface area (Å²) in [5.41, 5.74) is 1.73. The highest BCUT2D eigenvalue weighted by atomic mass is 32.1. The molecular formula is C31H28F6N6O3S. The van der Waals surface area contributed by atoms with Gasteiger partial charge in [-0.25, -0.2) is 18.2 Å². The molecule has 1 amide bonds. The zero-order chi connectivity index (χ0) is 33.2. The van der Waals surface area contributed by atoms with Crippen molar-refractivity contribution in [1.29, 1.82) is 0 Å². The van der Waals surface area contributed by atoms with E-state index in [0.717, 1.165) is 36.0 Å². The molecule has 0 aliphatic carbocycles. The molecule has 3 aliphatic rings. The number of fused-ring (bicyclic) bond motifs is 3. The molecule has 2 N–H and O–H groups in total. The van der Waals surface area contributed by atoms with Crippen molar-refractivity contribution in [2.75, 3.05) is 38.5 Å². The van der Waals surface area contributed by atoms with Crippen molar-refractivity contribution in [3.8, 4) is 23.0 Å². The van der Waals surface area contributed by atoms with Gasteiger partial charge in [-0.2, -0.15) is 23.1 Å². The molecular weight excluding hydrogens is 650 g/mol. The van der Waals surface area contributed by atoms with E-state index in [1.807, 2.05) is 4.90 Å². The van der Waals surface area contributed by atoms with Crippen LogP contribution in [0.2, 0.25) is 0 Å². The van der Waals surface area contributed by atoms with Crippen LogP contribution in [0.3, 0.4) is 0 Å². The largest absolute Gasteiger partial charge is 0.472 e. The predicted octanol–water partition coefficient (Wildman–Crippen LogP) is 5.91. The zero-order valence-corrected chi connectivity index (χ0v) is 25.6. The molecule has 0 radical (unpaired) electrons. The maximum absolute atomic E-state index is 16.7. The molecule has 16 heteroatoms. The van der Waals surface area contributed by atoms with Crippen molar-refractivity contribution in [2.24, 2.45) is 0 Å². The van der Waals surface area contributed by atoms with Gasteiger partial charge in [0.1, 0.15) is 30.2 Å². The number of ether oxygens (including phenoxy) is 2. The topological polar surface area (TPSA) is 107 Å². The molecule has 9 nitrogen and oxygen atoms in total. The number of carbonyl (C=O) groups excluding carboxylic acids is 1. The van der Waals surface area contributed by atoms with Gasteiger partial charge in [0.15, 0.2) is 10.9 Å². The lowest BCUT2D eigenvalue weighted by Gasteiger charge is -2.30. The third-order valence-corrected chi connectivity index (χ3v) is 10.00. The number of hydrogen-bond acceptors (Lipinski definition) is 9. The summed E-state index contributed by atoms with van der Waals surface area (Å²) >= 11 is 0.720. The normalized spacial score (nSPS) is 23.1. The van der Waals surface area contributed by atoms with Gasteiger partial charge in [-0.15, -0.1) is 0 Å². The number of halogens is 6. The lowest BCUT2D eigenvalue weighted by molar-refractivity contribution is -0.137. The van der Waals surface area contributed by atoms with E-state index in [-0.39, 0.29) is 70.2 Å². The lowest BCUT2D eigenvalue weighted by atomic mass is 9.95. The molecule has 0 bridgehead atoms. The fraction of sp³-hybridized carbons (Fsp3) is 0.419. The molecule has 248 valence electrons. The molecule has 1 unspecified atom stereocenters. The SMILES string of the molecule is C=CC(=O)N1CC[C@H](Oc2nc(OCC34CCCN3C[C@H](F)C4)nc3c(F)c(-c4ccc(F)c5sc(N)nc45)c(C(F)(F)F)cc23)C1. The second-order valence-corrected chi connectivity index (χ2v) is 13.1. The van der Waals surface area contributed by atoms with Crippen molar-refractivity contribution in [1.82, 2.24) is 24.8 Å². The van der Waals surface area contributed by atoms with E-state index in [2.05, 4.69) is 21.5 Å². The predicted molar refractivity (Wildman–Crippen MR) is 162 cm³/mol. The molecule has 4 aromatic rings. The zero-order valence-electron chi connectivity index (χ0n) is 24.7. The van der Waals surface area contributed by atoms with Crippen LogP contribution in [0, 0.1) is 11.6 Å². The van der Waals surface area contributed by atoms with Crippen LogP contribution >= 0.6 is 11.3 Å². The average Bonchev–Trinajstić information content (AvgIpc) is 3.79. The Kier molecular flexibility index (Phi) is 7.69. The highest BCUT2D eigenvalue weighted by molar-refractivity contribution is 7.22. The number of nitrogens with zero attached hydrogens (tertiary/aromatic N) is 5. The number of anilines is 1. The number of carbonyl (C=O) groups is 1. The first kappa shape index (κ1) is 31.4. The number of amides is 1. The summed E-state index contributed by atoms with van der Waals surface area (Å²) in [6.07, 6.45) is -3.65. The molecule has 2 aromatic carbocycles. The van der Waals surface area contributed by atoms with Crippen molar-refractivity contribution in [3.63, 3.8) is 0 Å². The van der Waals surface area contributed by atoms with E-state index in [0.29, 0.717) is 32.0 Å². The number of nitrogens with two attached hydrogens (primary N) is 1. The molecule has 3 saturated heterocycles. The summed E-state index contributed by atoms with van der Waals surface area (Å²) in [6, 6.07) is 2.24. The maximum atomic E-state index is 16.7. The minimum absolute atomic E-state index is 0.0325. The quantitative estimate of drug-likeness (QED) is 0.190. The second-order valence-electron chi connectivity index (χ2n) is 12.0. The Hall–Kier alpha value is -4.18. The van der Waals surface area contributed by atoms with Crippen LogP contribution in [0.25, 0.3) is 32.2 Å². The van der Waals surface area contributed by atoms with E-state index < -0.39 is 52.3 Å². The standard InChI is InChI=1S/C31H28F6N6O3S/c1-2-21(44)42-9-6-16(13-42)46-27-18-10-19(31(35,36)37)22(17-4-5-20(33)26-25(17)39-28(38)47-26)23(34)24(18)40-29(41-27)45-14-30-7-3-8-43(30)12-15(32)11-30/h2,4-5,10,15-16H,1,3,6-9,11-14H2,(H2,38,39)/t15-,16+,30?/m1/s1. The molecule has 3 atom stereocenters. The summed E-state index contributed by atoms with van der Waals surface area (Å²) < 4.78 is 102. The van der Waals surface area contributed by atoms with Gasteiger partial charge in [0.2, 0.25) is 11.8 Å². The van der Waals surface area contributed by atoms with Gasteiger partial charge < -0.3 is 20.1 Å². The maximum Gasteiger partial charge on any atom is 0.417 e. The van der Waals surface area contributed by atoms with Gasteiger partial charge in [0.25, 0.3) is 0 Å². The van der Waals surface area contributed by atoms with Gasteiger partial charge in [0.05, 0.1) is 33.2 Å². The number of benzene rings is 2. The second kappa shape index (κ2) is 11.5. The van der Waals surface area contributed by atoms with Crippen LogP contribution in [0.5, 0.6) is 11.9 Å². The van der Waals surface area contributed by atoms with Gasteiger partial charge in [-0.3, -0.25) is 9.69 Å². The van der Waals surface area contributed by atoms with Crippen LogP contribution in [-0.4, -0.2) is 81.3 Å². The number of alkyl halides is 4. The summed E-state index contributed by atoms with van der Waals surface area (Å²) in [6.45, 7) is 4.77. The van der Waals surface area contributed by atoms with Crippen LogP contribution in [0.15, 0.2) is 30.9 Å². The first-order valence-electron chi connectivity index (χ1n) is 14.9. The van der Waals surface area contributed by atoms with E-state index in [1.54, 1.807) is 0 Å².